The van der Waals surface area contributed by atoms with E-state index in [0.717, 1.165) is 25.3 Å². The van der Waals surface area contributed by atoms with Gasteiger partial charge in [-0.1, -0.05) is 42.0 Å². The first-order valence-electron chi connectivity index (χ1n) is 10.7. The van der Waals surface area contributed by atoms with Crippen LogP contribution in [0.3, 0.4) is 0 Å². The highest BCUT2D eigenvalue weighted by atomic mass is 16.2. The standard InChI is InChI=1S/C24H32N4O2/c1-19-8-10-22(11-9-19)25-23(29)17-27-12-14-28(15-13-27)24(30)18-26(3)16-21-7-5-4-6-20(21)2/h4-11H,12-18H2,1-3H3,(H,25,29)/p+2. The van der Waals surface area contributed by atoms with Crippen LogP contribution in [-0.2, 0) is 16.1 Å². The number of amides is 2. The van der Waals surface area contributed by atoms with E-state index in [1.54, 1.807) is 0 Å². The third-order valence-electron chi connectivity index (χ3n) is 5.78. The van der Waals surface area contributed by atoms with Gasteiger partial charge in [0.15, 0.2) is 13.1 Å². The van der Waals surface area contributed by atoms with Gasteiger partial charge in [-0.2, -0.15) is 0 Å². The van der Waals surface area contributed by atoms with Gasteiger partial charge in [0, 0.05) is 11.3 Å². The highest BCUT2D eigenvalue weighted by Crippen LogP contribution is 2.08. The molecule has 0 saturated carbocycles. The topological polar surface area (TPSA) is 58.3 Å². The second-order valence-corrected chi connectivity index (χ2v) is 8.46. The highest BCUT2D eigenvalue weighted by molar-refractivity contribution is 5.91. The Hall–Kier alpha value is -2.70. The van der Waals surface area contributed by atoms with Gasteiger partial charge >= 0.3 is 0 Å². The predicted octanol–water partition coefficient (Wildman–Crippen LogP) is -0.316. The van der Waals surface area contributed by atoms with Gasteiger partial charge in [-0.25, -0.2) is 0 Å². The Morgan fingerprint density at radius 2 is 1.70 bits per heavy atom. The third-order valence-corrected chi connectivity index (χ3v) is 5.78. The van der Waals surface area contributed by atoms with Crippen LogP contribution in [-0.4, -0.2) is 63.0 Å². The van der Waals surface area contributed by atoms with Crippen LogP contribution >= 0.6 is 0 Å². The molecule has 0 spiro atoms. The number of quaternary nitrogens is 2. The lowest BCUT2D eigenvalue weighted by molar-refractivity contribution is -0.896. The Kier molecular flexibility index (Phi) is 7.60. The van der Waals surface area contributed by atoms with Crippen LogP contribution in [0.25, 0.3) is 0 Å². The van der Waals surface area contributed by atoms with Gasteiger partial charge in [-0.05, 0) is 31.5 Å². The Labute approximate surface area is 179 Å². The molecule has 0 radical (unpaired) electrons. The van der Waals surface area contributed by atoms with Gasteiger partial charge in [0.05, 0.1) is 33.2 Å². The molecule has 30 heavy (non-hydrogen) atoms. The Morgan fingerprint density at radius 1 is 1.03 bits per heavy atom. The summed E-state index contributed by atoms with van der Waals surface area (Å²) in [6, 6.07) is 16.2. The Bertz CT molecular complexity index is 858. The van der Waals surface area contributed by atoms with Crippen LogP contribution in [0.15, 0.2) is 48.5 Å². The van der Waals surface area contributed by atoms with Crippen molar-refractivity contribution in [1.29, 1.82) is 0 Å². The molecule has 1 unspecified atom stereocenters. The molecular formula is C24H34N4O2+2. The zero-order chi connectivity index (χ0) is 21.5. The molecular weight excluding hydrogens is 376 g/mol. The smallest absolute Gasteiger partial charge is 0.279 e. The number of hydrogen-bond acceptors (Lipinski definition) is 2. The SMILES string of the molecule is Cc1ccc(NC(=O)C[NH+]2CCN(C(=O)C[NH+](C)Cc3ccccc3C)CC2)cc1. The molecule has 1 saturated heterocycles. The van der Waals surface area contributed by atoms with Crippen molar-refractivity contribution in [2.24, 2.45) is 0 Å². The molecule has 1 atom stereocenters. The fourth-order valence-electron chi connectivity index (χ4n) is 3.88. The van der Waals surface area contributed by atoms with E-state index in [9.17, 15) is 9.59 Å². The minimum Gasteiger partial charge on any atom is -0.327 e. The number of aryl methyl sites for hydroxylation is 2. The average molecular weight is 411 g/mol. The molecule has 6 nitrogen and oxygen atoms in total. The molecule has 3 N–H and O–H groups in total. The van der Waals surface area contributed by atoms with Crippen LogP contribution < -0.4 is 15.1 Å². The largest absolute Gasteiger partial charge is 0.327 e. The molecule has 1 aliphatic rings. The first-order valence-corrected chi connectivity index (χ1v) is 10.7. The fourth-order valence-corrected chi connectivity index (χ4v) is 3.88. The van der Waals surface area contributed by atoms with Gasteiger partial charge < -0.3 is 20.0 Å². The van der Waals surface area contributed by atoms with Crippen molar-refractivity contribution in [2.75, 3.05) is 51.6 Å². The number of carbonyl (C=O) groups is 2. The summed E-state index contributed by atoms with van der Waals surface area (Å²) in [7, 11) is 2.07. The van der Waals surface area contributed by atoms with E-state index in [1.807, 2.05) is 42.2 Å². The third kappa shape index (κ3) is 6.40. The van der Waals surface area contributed by atoms with Crippen LogP contribution in [0.1, 0.15) is 16.7 Å². The number of nitrogens with one attached hydrogen (secondary N) is 3. The fraction of sp³-hybridized carbons (Fsp3) is 0.417. The quantitative estimate of drug-likeness (QED) is 0.586. The first kappa shape index (κ1) is 22.0. The zero-order valence-corrected chi connectivity index (χ0v) is 18.3. The average Bonchev–Trinajstić information content (AvgIpc) is 2.72. The number of nitrogens with zero attached hydrogens (tertiary/aromatic N) is 1. The molecule has 1 aliphatic heterocycles. The van der Waals surface area contributed by atoms with Crippen LogP contribution in [0.5, 0.6) is 0 Å². The Morgan fingerprint density at radius 3 is 2.37 bits per heavy atom. The first-order chi connectivity index (χ1) is 14.4. The molecule has 3 rings (SSSR count). The minimum atomic E-state index is 0.0241. The van der Waals surface area contributed by atoms with Crippen molar-refractivity contribution in [2.45, 2.75) is 20.4 Å². The van der Waals surface area contributed by atoms with E-state index in [2.05, 4.69) is 37.5 Å². The van der Waals surface area contributed by atoms with Gasteiger partial charge in [0.25, 0.3) is 11.8 Å². The number of carbonyl (C=O) groups excluding carboxylic acids is 2. The maximum atomic E-state index is 12.7. The maximum absolute atomic E-state index is 12.7. The second kappa shape index (κ2) is 10.4. The minimum absolute atomic E-state index is 0.0241. The number of benzene rings is 2. The number of piperazine rings is 1. The number of anilines is 1. The molecule has 160 valence electrons. The lowest BCUT2D eigenvalue weighted by Gasteiger charge is -2.32. The molecule has 1 fully saturated rings. The molecule has 0 aliphatic carbocycles. The lowest BCUT2D eigenvalue weighted by atomic mass is 10.1. The normalized spacial score (nSPS) is 15.6. The predicted molar refractivity (Wildman–Crippen MR) is 119 cm³/mol. The van der Waals surface area contributed by atoms with Gasteiger partial charge in [0.2, 0.25) is 0 Å². The zero-order valence-electron chi connectivity index (χ0n) is 18.3. The van der Waals surface area contributed by atoms with Gasteiger partial charge in [-0.3, -0.25) is 9.59 Å². The van der Waals surface area contributed by atoms with Crippen LogP contribution in [0.2, 0.25) is 0 Å². The summed E-state index contributed by atoms with van der Waals surface area (Å²) in [5, 5.41) is 2.96. The molecule has 6 heteroatoms. The van der Waals surface area contributed by atoms with E-state index >= 15 is 0 Å². The summed E-state index contributed by atoms with van der Waals surface area (Å²) in [5.74, 6) is 0.222. The molecule has 2 aromatic rings. The van der Waals surface area contributed by atoms with E-state index < -0.39 is 0 Å². The monoisotopic (exact) mass is 410 g/mol. The molecule has 1 heterocycles. The van der Waals surface area contributed by atoms with E-state index in [0.29, 0.717) is 26.2 Å². The summed E-state index contributed by atoms with van der Waals surface area (Å²) >= 11 is 0. The summed E-state index contributed by atoms with van der Waals surface area (Å²) < 4.78 is 0. The van der Waals surface area contributed by atoms with Crippen LogP contribution in [0, 0.1) is 13.8 Å². The summed E-state index contributed by atoms with van der Waals surface area (Å²) in [5.41, 5.74) is 4.56. The number of rotatable bonds is 7. The van der Waals surface area contributed by atoms with E-state index in [-0.39, 0.29) is 11.8 Å². The van der Waals surface area contributed by atoms with Crippen molar-refractivity contribution < 1.29 is 19.4 Å². The van der Waals surface area contributed by atoms with Gasteiger partial charge in [-0.15, -0.1) is 0 Å². The van der Waals surface area contributed by atoms with Crippen molar-refractivity contribution in [3.05, 3.63) is 65.2 Å². The van der Waals surface area contributed by atoms with Gasteiger partial charge in [0.1, 0.15) is 6.54 Å². The molecule has 0 bridgehead atoms. The molecule has 2 aromatic carbocycles. The summed E-state index contributed by atoms with van der Waals surface area (Å²) in [6.07, 6.45) is 0. The number of hydrogen-bond donors (Lipinski definition) is 3. The van der Waals surface area contributed by atoms with Crippen molar-refractivity contribution >= 4 is 17.5 Å². The number of likely N-dealkylation sites (N-methyl/N-ethyl adjacent to an activating group) is 1. The van der Waals surface area contributed by atoms with E-state index in [4.69, 9.17) is 0 Å². The Balaban J connectivity index is 1.40. The summed E-state index contributed by atoms with van der Waals surface area (Å²) in [4.78, 5) is 29.4. The second-order valence-electron chi connectivity index (χ2n) is 8.46. The molecule has 2 amide bonds. The van der Waals surface area contributed by atoms with E-state index in [1.165, 1.54) is 26.5 Å². The van der Waals surface area contributed by atoms with Crippen molar-refractivity contribution in [3.63, 3.8) is 0 Å². The lowest BCUT2D eigenvalue weighted by Crippen LogP contribution is -3.16. The van der Waals surface area contributed by atoms with Crippen molar-refractivity contribution in [1.82, 2.24) is 4.90 Å². The van der Waals surface area contributed by atoms with Crippen LogP contribution in [0.4, 0.5) is 5.69 Å². The maximum Gasteiger partial charge on any atom is 0.279 e. The van der Waals surface area contributed by atoms with Crippen molar-refractivity contribution in [3.8, 4) is 0 Å². The summed E-state index contributed by atoms with van der Waals surface area (Å²) in [6.45, 7) is 8.97. The highest BCUT2D eigenvalue weighted by Gasteiger charge is 2.26. The molecule has 0 aromatic heterocycles.